The maximum atomic E-state index is 11.5. The summed E-state index contributed by atoms with van der Waals surface area (Å²) < 4.78 is 4.75. The van der Waals surface area contributed by atoms with Gasteiger partial charge in [0.05, 0.1) is 13.0 Å². The van der Waals surface area contributed by atoms with Crippen LogP contribution in [0.3, 0.4) is 0 Å². The van der Waals surface area contributed by atoms with Gasteiger partial charge in [-0.25, -0.2) is 0 Å². The van der Waals surface area contributed by atoms with Crippen LogP contribution in [0.5, 0.6) is 0 Å². The predicted octanol–water partition coefficient (Wildman–Crippen LogP) is 0.416. The highest BCUT2D eigenvalue weighted by atomic mass is 16.5. The van der Waals surface area contributed by atoms with Crippen molar-refractivity contribution in [3.8, 4) is 0 Å². The highest BCUT2D eigenvalue weighted by molar-refractivity contribution is 5.81. The summed E-state index contributed by atoms with van der Waals surface area (Å²) in [5, 5.41) is 0. The number of carbonyl (C=O) groups is 2. The highest BCUT2D eigenvalue weighted by Crippen LogP contribution is 2.41. The van der Waals surface area contributed by atoms with Gasteiger partial charge in [0.15, 0.2) is 0 Å². The van der Waals surface area contributed by atoms with Gasteiger partial charge in [0, 0.05) is 19.5 Å². The van der Waals surface area contributed by atoms with E-state index in [1.807, 2.05) is 0 Å². The Kier molecular flexibility index (Phi) is 2.21. The first-order chi connectivity index (χ1) is 6.63. The van der Waals surface area contributed by atoms with Gasteiger partial charge in [0.2, 0.25) is 5.91 Å². The molecule has 0 radical (unpaired) electrons. The smallest absolute Gasteiger partial charge is 0.310 e. The zero-order chi connectivity index (χ0) is 10.3. The molecule has 1 heterocycles. The summed E-state index contributed by atoms with van der Waals surface area (Å²) in [4.78, 5) is 24.6. The Hall–Kier alpha value is -1.06. The van der Waals surface area contributed by atoms with Crippen LogP contribution in [0.2, 0.25) is 0 Å². The second kappa shape index (κ2) is 3.26. The topological polar surface area (TPSA) is 46.6 Å². The average molecular weight is 197 g/mol. The van der Waals surface area contributed by atoms with Crippen molar-refractivity contribution in [3.05, 3.63) is 0 Å². The highest BCUT2D eigenvalue weighted by Gasteiger charge is 2.46. The predicted molar refractivity (Wildman–Crippen MR) is 49.4 cm³/mol. The summed E-state index contributed by atoms with van der Waals surface area (Å²) >= 11 is 0. The SMILES string of the molecule is COC(=O)C1CC2CC(=O)N(C)C1C2. The summed E-state index contributed by atoms with van der Waals surface area (Å²) in [5.74, 6) is 0.297. The van der Waals surface area contributed by atoms with Crippen molar-refractivity contribution in [2.75, 3.05) is 14.2 Å². The average Bonchev–Trinajstić information content (AvgIpc) is 2.54. The lowest BCUT2D eigenvalue weighted by Gasteiger charge is -2.31. The molecule has 0 spiro atoms. The van der Waals surface area contributed by atoms with Crippen LogP contribution >= 0.6 is 0 Å². The minimum absolute atomic E-state index is 0.0775. The Morgan fingerprint density at radius 3 is 2.86 bits per heavy atom. The second-order valence-electron chi connectivity index (χ2n) is 4.24. The van der Waals surface area contributed by atoms with E-state index in [1.54, 1.807) is 11.9 Å². The number of likely N-dealkylation sites (tertiary alicyclic amines) is 1. The molecule has 0 N–H and O–H groups in total. The molecule has 0 aromatic rings. The van der Waals surface area contributed by atoms with Crippen LogP contribution in [0, 0.1) is 11.8 Å². The van der Waals surface area contributed by atoms with Gasteiger partial charge >= 0.3 is 5.97 Å². The van der Waals surface area contributed by atoms with Crippen LogP contribution in [0.1, 0.15) is 19.3 Å². The number of hydrogen-bond acceptors (Lipinski definition) is 3. The van der Waals surface area contributed by atoms with E-state index in [0.717, 1.165) is 12.8 Å². The van der Waals surface area contributed by atoms with E-state index in [1.165, 1.54) is 7.11 Å². The molecule has 0 aromatic carbocycles. The molecule has 1 aliphatic heterocycles. The fraction of sp³-hybridized carbons (Fsp3) is 0.800. The third-order valence-corrected chi connectivity index (χ3v) is 3.48. The normalized spacial score (nSPS) is 36.0. The first kappa shape index (κ1) is 9.49. The first-order valence-electron chi connectivity index (χ1n) is 4.97. The first-order valence-corrected chi connectivity index (χ1v) is 4.97. The standard InChI is InChI=1S/C10H15NO3/c1-11-8-4-6(5-9(11)12)3-7(8)10(13)14-2/h6-8H,3-5H2,1-2H3. The van der Waals surface area contributed by atoms with Gasteiger partial charge in [-0.1, -0.05) is 0 Å². The minimum Gasteiger partial charge on any atom is -0.469 e. The summed E-state index contributed by atoms with van der Waals surface area (Å²) in [6.07, 6.45) is 2.37. The van der Waals surface area contributed by atoms with Gasteiger partial charge < -0.3 is 9.64 Å². The summed E-state index contributed by atoms with van der Waals surface area (Å²) in [6.45, 7) is 0. The third-order valence-electron chi connectivity index (χ3n) is 3.48. The Bertz CT molecular complexity index is 277. The molecule has 0 aromatic heterocycles. The van der Waals surface area contributed by atoms with E-state index in [9.17, 15) is 9.59 Å². The zero-order valence-corrected chi connectivity index (χ0v) is 8.53. The van der Waals surface area contributed by atoms with E-state index in [-0.39, 0.29) is 23.8 Å². The Labute approximate surface area is 83.2 Å². The van der Waals surface area contributed by atoms with Crippen molar-refractivity contribution in [2.24, 2.45) is 11.8 Å². The Morgan fingerprint density at radius 2 is 2.21 bits per heavy atom. The van der Waals surface area contributed by atoms with E-state index in [4.69, 9.17) is 4.74 Å². The van der Waals surface area contributed by atoms with Crippen LogP contribution in [-0.2, 0) is 14.3 Å². The fourth-order valence-electron chi connectivity index (χ4n) is 2.69. The van der Waals surface area contributed by atoms with Gasteiger partial charge in [0.1, 0.15) is 0 Å². The number of fused-ring (bicyclic) bond motifs is 2. The molecule has 14 heavy (non-hydrogen) atoms. The molecule has 1 saturated carbocycles. The summed E-state index contributed by atoms with van der Waals surface area (Å²) in [5.41, 5.74) is 0. The summed E-state index contributed by atoms with van der Waals surface area (Å²) in [6, 6.07) is 0.0775. The molecular weight excluding hydrogens is 182 g/mol. The fourth-order valence-corrected chi connectivity index (χ4v) is 2.69. The van der Waals surface area contributed by atoms with E-state index in [0.29, 0.717) is 12.3 Å². The number of piperidine rings is 1. The number of methoxy groups -OCH3 is 1. The van der Waals surface area contributed by atoms with Crippen LogP contribution in [0.25, 0.3) is 0 Å². The third kappa shape index (κ3) is 1.29. The van der Waals surface area contributed by atoms with E-state index in [2.05, 4.69) is 0 Å². The molecular formula is C10H15NO3. The van der Waals surface area contributed by atoms with Crippen LogP contribution in [0.15, 0.2) is 0 Å². The van der Waals surface area contributed by atoms with Crippen molar-refractivity contribution in [1.29, 1.82) is 0 Å². The number of nitrogens with zero attached hydrogens (tertiary/aromatic N) is 1. The minimum atomic E-state index is -0.168. The molecule has 4 nitrogen and oxygen atoms in total. The van der Waals surface area contributed by atoms with Crippen LogP contribution in [0.4, 0.5) is 0 Å². The molecule has 3 unspecified atom stereocenters. The Balaban J connectivity index is 2.17. The maximum absolute atomic E-state index is 11.5. The lowest BCUT2D eigenvalue weighted by Crippen LogP contribution is -2.43. The number of hydrogen-bond donors (Lipinski definition) is 0. The van der Waals surface area contributed by atoms with Crippen LogP contribution in [-0.4, -0.2) is 37.0 Å². The van der Waals surface area contributed by atoms with Crippen molar-refractivity contribution in [3.63, 3.8) is 0 Å². The maximum Gasteiger partial charge on any atom is 0.310 e. The molecule has 2 fully saturated rings. The second-order valence-corrected chi connectivity index (χ2v) is 4.24. The largest absolute Gasteiger partial charge is 0.469 e. The lowest BCUT2D eigenvalue weighted by molar-refractivity contribution is -0.148. The van der Waals surface area contributed by atoms with Gasteiger partial charge in [0.25, 0.3) is 0 Å². The van der Waals surface area contributed by atoms with Gasteiger partial charge in [-0.3, -0.25) is 9.59 Å². The van der Waals surface area contributed by atoms with E-state index < -0.39 is 0 Å². The molecule has 1 aliphatic carbocycles. The lowest BCUT2D eigenvalue weighted by atomic mass is 9.99. The van der Waals surface area contributed by atoms with Crippen molar-refractivity contribution in [2.45, 2.75) is 25.3 Å². The van der Waals surface area contributed by atoms with Gasteiger partial charge in [-0.2, -0.15) is 0 Å². The van der Waals surface area contributed by atoms with Crippen molar-refractivity contribution < 1.29 is 14.3 Å². The van der Waals surface area contributed by atoms with Crippen molar-refractivity contribution in [1.82, 2.24) is 4.90 Å². The number of rotatable bonds is 1. The van der Waals surface area contributed by atoms with E-state index >= 15 is 0 Å². The molecule has 1 saturated heterocycles. The number of carbonyl (C=O) groups excluding carboxylic acids is 2. The Morgan fingerprint density at radius 1 is 1.50 bits per heavy atom. The number of esters is 1. The molecule has 2 rings (SSSR count). The molecule has 2 aliphatic rings. The zero-order valence-electron chi connectivity index (χ0n) is 8.53. The quantitative estimate of drug-likeness (QED) is 0.572. The molecule has 2 bridgehead atoms. The molecule has 3 atom stereocenters. The molecule has 78 valence electrons. The molecule has 1 amide bonds. The van der Waals surface area contributed by atoms with Crippen molar-refractivity contribution >= 4 is 11.9 Å². The van der Waals surface area contributed by atoms with Crippen LogP contribution < -0.4 is 0 Å². The molecule has 4 heteroatoms. The monoisotopic (exact) mass is 197 g/mol. The number of ether oxygens (including phenoxy) is 1. The van der Waals surface area contributed by atoms with Gasteiger partial charge in [-0.15, -0.1) is 0 Å². The number of amides is 1. The van der Waals surface area contributed by atoms with Gasteiger partial charge in [-0.05, 0) is 18.8 Å². The summed E-state index contributed by atoms with van der Waals surface area (Å²) in [7, 11) is 3.19.